The maximum absolute atomic E-state index is 12.0. The number of carbonyl (C=O) groups excluding carboxylic acids is 1. The van der Waals surface area contributed by atoms with Crippen LogP contribution in [0.2, 0.25) is 5.02 Å². The smallest absolute Gasteiger partial charge is 0.340 e. The summed E-state index contributed by atoms with van der Waals surface area (Å²) in [6, 6.07) is 5.08. The highest BCUT2D eigenvalue weighted by atomic mass is 35.5. The molecule has 112 valence electrons. The lowest BCUT2D eigenvalue weighted by molar-refractivity contribution is 0.0526. The Labute approximate surface area is 129 Å². The summed E-state index contributed by atoms with van der Waals surface area (Å²) in [5.41, 5.74) is 0.416. The van der Waals surface area contributed by atoms with E-state index in [2.05, 4.69) is 4.98 Å². The van der Waals surface area contributed by atoms with Gasteiger partial charge in [0, 0.05) is 18.2 Å². The molecule has 0 spiro atoms. The maximum Gasteiger partial charge on any atom is 0.340 e. The molecule has 0 saturated heterocycles. The number of ether oxygens (including phenoxy) is 1. The molecule has 0 unspecified atom stereocenters. The zero-order valence-electron chi connectivity index (χ0n) is 11.4. The number of rotatable bonds is 2. The number of hydrogen-bond acceptors (Lipinski definition) is 6. The molecule has 1 aromatic carbocycles. The number of carbonyl (C=O) groups is 1. The van der Waals surface area contributed by atoms with Crippen LogP contribution in [0.1, 0.15) is 17.3 Å². The second kappa shape index (κ2) is 5.31. The fraction of sp³-hybridized carbons (Fsp3) is 0.133. The van der Waals surface area contributed by atoms with Gasteiger partial charge >= 0.3 is 5.97 Å². The monoisotopic (exact) mass is 319 g/mol. The Bertz CT molecular complexity index is 918. The Morgan fingerprint density at radius 3 is 2.86 bits per heavy atom. The number of phenols is 1. The van der Waals surface area contributed by atoms with Crippen LogP contribution in [-0.4, -0.2) is 22.7 Å². The summed E-state index contributed by atoms with van der Waals surface area (Å²) >= 11 is 5.84. The molecule has 6 nitrogen and oxygen atoms in total. The van der Waals surface area contributed by atoms with Crippen LogP contribution in [0.5, 0.6) is 5.75 Å². The van der Waals surface area contributed by atoms with Crippen LogP contribution in [0.15, 0.2) is 33.5 Å². The van der Waals surface area contributed by atoms with Crippen molar-refractivity contribution in [2.24, 2.45) is 0 Å². The minimum atomic E-state index is -0.655. The third kappa shape index (κ3) is 2.37. The number of phenolic OH excluding ortho intramolecular Hbond substituents is 1. The van der Waals surface area contributed by atoms with E-state index in [-0.39, 0.29) is 40.0 Å². The normalized spacial score (nSPS) is 11.0. The molecular weight excluding hydrogens is 310 g/mol. The Balaban J connectivity index is 2.35. The maximum atomic E-state index is 12.0. The second-order valence-electron chi connectivity index (χ2n) is 4.52. The molecular formula is C15H10ClNO5. The van der Waals surface area contributed by atoms with Crippen molar-refractivity contribution < 1.29 is 19.1 Å². The fourth-order valence-corrected chi connectivity index (χ4v) is 2.24. The van der Waals surface area contributed by atoms with Crippen LogP contribution < -0.4 is 5.43 Å². The summed E-state index contributed by atoms with van der Waals surface area (Å²) in [7, 11) is 0. The van der Waals surface area contributed by atoms with Gasteiger partial charge in [-0.3, -0.25) is 4.79 Å². The van der Waals surface area contributed by atoms with Gasteiger partial charge in [0.1, 0.15) is 17.0 Å². The van der Waals surface area contributed by atoms with Gasteiger partial charge in [-0.1, -0.05) is 11.6 Å². The van der Waals surface area contributed by atoms with Crippen LogP contribution in [0, 0.1) is 0 Å². The van der Waals surface area contributed by atoms with E-state index in [1.807, 2.05) is 0 Å². The van der Waals surface area contributed by atoms with Crippen molar-refractivity contribution in [3.05, 3.63) is 45.1 Å². The average molecular weight is 320 g/mol. The molecule has 7 heteroatoms. The van der Waals surface area contributed by atoms with Gasteiger partial charge in [-0.25, -0.2) is 9.78 Å². The molecule has 1 aliphatic heterocycles. The molecule has 3 rings (SSSR count). The SMILES string of the molecule is CCOC(=O)c1cc(=O)cc2oc3cc(O)c(Cl)cc3nc1-2. The van der Waals surface area contributed by atoms with E-state index in [0.29, 0.717) is 5.52 Å². The third-order valence-electron chi connectivity index (χ3n) is 3.02. The zero-order chi connectivity index (χ0) is 15.9. The summed E-state index contributed by atoms with van der Waals surface area (Å²) in [6.45, 7) is 1.84. The van der Waals surface area contributed by atoms with Crippen LogP contribution in [0.4, 0.5) is 0 Å². The quantitative estimate of drug-likeness (QED) is 0.577. The molecule has 0 fully saturated rings. The van der Waals surface area contributed by atoms with Crippen LogP contribution in [-0.2, 0) is 4.74 Å². The molecule has 0 amide bonds. The summed E-state index contributed by atoms with van der Waals surface area (Å²) in [6.07, 6.45) is 0. The van der Waals surface area contributed by atoms with E-state index in [9.17, 15) is 14.7 Å². The Kier molecular flexibility index (Phi) is 3.46. The molecule has 2 aliphatic rings. The molecule has 0 atom stereocenters. The standard InChI is InChI=1S/C15H10ClNO5/c1-2-21-15(20)8-3-7(18)4-13-14(8)17-10-5-9(16)11(19)6-12(10)22-13/h3-6,19H,2H2,1H3. The van der Waals surface area contributed by atoms with Gasteiger partial charge in [0.25, 0.3) is 0 Å². The second-order valence-corrected chi connectivity index (χ2v) is 4.93. The summed E-state index contributed by atoms with van der Waals surface area (Å²) < 4.78 is 10.5. The van der Waals surface area contributed by atoms with Gasteiger partial charge < -0.3 is 14.3 Å². The van der Waals surface area contributed by atoms with E-state index < -0.39 is 11.4 Å². The fourth-order valence-electron chi connectivity index (χ4n) is 2.08. The van der Waals surface area contributed by atoms with Crippen LogP contribution >= 0.6 is 11.6 Å². The predicted octanol–water partition coefficient (Wildman–Crippen LogP) is 2.83. The molecule has 0 bridgehead atoms. The number of hydrogen-bond donors (Lipinski definition) is 1. The summed E-state index contributed by atoms with van der Waals surface area (Å²) in [5.74, 6) is -0.690. The first-order valence-corrected chi connectivity index (χ1v) is 6.81. The molecule has 0 aromatic heterocycles. The van der Waals surface area contributed by atoms with Gasteiger partial charge in [-0.05, 0) is 13.0 Å². The van der Waals surface area contributed by atoms with Crippen molar-refractivity contribution in [1.29, 1.82) is 0 Å². The van der Waals surface area contributed by atoms with Gasteiger partial charge in [0.2, 0.25) is 0 Å². The highest BCUT2D eigenvalue weighted by molar-refractivity contribution is 6.32. The van der Waals surface area contributed by atoms with Gasteiger partial charge in [-0.15, -0.1) is 0 Å². The molecule has 0 radical (unpaired) electrons. The average Bonchev–Trinajstić information content (AvgIpc) is 2.46. The molecule has 1 heterocycles. The van der Waals surface area contributed by atoms with Crippen molar-refractivity contribution in [1.82, 2.24) is 4.98 Å². The van der Waals surface area contributed by atoms with Gasteiger partial charge in [-0.2, -0.15) is 0 Å². The van der Waals surface area contributed by atoms with E-state index in [1.54, 1.807) is 6.92 Å². The van der Waals surface area contributed by atoms with Gasteiger partial charge in [0.05, 0.1) is 17.2 Å². The zero-order valence-corrected chi connectivity index (χ0v) is 12.2. The minimum Gasteiger partial charge on any atom is -0.506 e. The Morgan fingerprint density at radius 2 is 2.14 bits per heavy atom. The highest BCUT2D eigenvalue weighted by Crippen LogP contribution is 2.32. The summed E-state index contributed by atoms with van der Waals surface area (Å²) in [5, 5.41) is 9.71. The summed E-state index contributed by atoms with van der Waals surface area (Å²) in [4.78, 5) is 28.0. The Morgan fingerprint density at radius 1 is 1.36 bits per heavy atom. The number of aromatic hydroxyl groups is 1. The topological polar surface area (TPSA) is 89.6 Å². The van der Waals surface area contributed by atoms with Crippen molar-refractivity contribution >= 4 is 28.7 Å². The first kappa shape index (κ1) is 14.3. The highest BCUT2D eigenvalue weighted by Gasteiger charge is 2.21. The van der Waals surface area contributed by atoms with Crippen molar-refractivity contribution in [3.8, 4) is 17.2 Å². The van der Waals surface area contributed by atoms with Crippen LogP contribution in [0.3, 0.4) is 0 Å². The molecule has 1 aliphatic carbocycles. The first-order valence-electron chi connectivity index (χ1n) is 6.44. The number of esters is 1. The number of fused-ring (bicyclic) bond motifs is 2. The number of nitrogens with zero attached hydrogens (tertiary/aromatic N) is 1. The lowest BCUT2D eigenvalue weighted by Gasteiger charge is -2.10. The van der Waals surface area contributed by atoms with Crippen molar-refractivity contribution in [3.63, 3.8) is 0 Å². The van der Waals surface area contributed by atoms with E-state index in [4.69, 9.17) is 20.8 Å². The lowest BCUT2D eigenvalue weighted by Crippen LogP contribution is -2.13. The van der Waals surface area contributed by atoms with Crippen LogP contribution in [0.25, 0.3) is 22.6 Å². The number of aromatic nitrogens is 1. The van der Waals surface area contributed by atoms with Gasteiger partial charge in [0.15, 0.2) is 16.8 Å². The first-order chi connectivity index (χ1) is 10.5. The molecule has 1 N–H and O–H groups in total. The number of benzene rings is 2. The van der Waals surface area contributed by atoms with Crippen molar-refractivity contribution in [2.45, 2.75) is 6.92 Å². The lowest BCUT2D eigenvalue weighted by atomic mass is 10.1. The molecule has 22 heavy (non-hydrogen) atoms. The van der Waals surface area contributed by atoms with E-state index in [0.717, 1.165) is 6.07 Å². The number of halogens is 1. The van der Waals surface area contributed by atoms with Crippen molar-refractivity contribution in [2.75, 3.05) is 6.61 Å². The predicted molar refractivity (Wildman–Crippen MR) is 79.5 cm³/mol. The molecule has 0 saturated carbocycles. The molecule has 1 aromatic rings. The largest absolute Gasteiger partial charge is 0.506 e. The third-order valence-corrected chi connectivity index (χ3v) is 3.33. The van der Waals surface area contributed by atoms with E-state index >= 15 is 0 Å². The minimum absolute atomic E-state index is 0.0270. The Hall–Kier alpha value is -2.60. The van der Waals surface area contributed by atoms with E-state index in [1.165, 1.54) is 18.2 Å².